The number of anilines is 1. The number of imide groups is 1. The number of hydrogen-bond acceptors (Lipinski definition) is 4. The van der Waals surface area contributed by atoms with Crippen molar-refractivity contribution >= 4 is 29.4 Å². The molecule has 3 rings (SSSR count). The van der Waals surface area contributed by atoms with Crippen molar-refractivity contribution in [2.24, 2.45) is 5.92 Å². The normalized spacial score (nSPS) is 23.8. The fourth-order valence-corrected chi connectivity index (χ4v) is 4.04. The molecule has 29 heavy (non-hydrogen) atoms. The second-order valence-corrected chi connectivity index (χ2v) is 8.10. The minimum absolute atomic E-state index is 0.0332. The van der Waals surface area contributed by atoms with E-state index in [-0.39, 0.29) is 30.8 Å². The molecule has 2 aliphatic rings. The molecule has 0 radical (unpaired) electrons. The third-order valence-electron chi connectivity index (χ3n) is 5.94. The summed E-state index contributed by atoms with van der Waals surface area (Å²) >= 11 is 0. The summed E-state index contributed by atoms with van der Waals surface area (Å²) < 4.78 is 0. The van der Waals surface area contributed by atoms with Crippen LogP contribution in [-0.4, -0.2) is 59.2 Å². The Labute approximate surface area is 170 Å². The van der Waals surface area contributed by atoms with Gasteiger partial charge in [0.05, 0.1) is 6.54 Å². The number of urea groups is 1. The van der Waals surface area contributed by atoms with Crippen LogP contribution in [0.25, 0.3) is 0 Å². The van der Waals surface area contributed by atoms with Gasteiger partial charge in [0.2, 0.25) is 11.8 Å². The van der Waals surface area contributed by atoms with E-state index in [2.05, 4.69) is 10.6 Å². The first-order valence-corrected chi connectivity index (χ1v) is 9.97. The summed E-state index contributed by atoms with van der Waals surface area (Å²) in [6.07, 6.45) is 3.37. The summed E-state index contributed by atoms with van der Waals surface area (Å²) in [6, 6.07) is 6.80. The van der Waals surface area contributed by atoms with Gasteiger partial charge in [0.1, 0.15) is 12.1 Å². The standard InChI is InChI=1S/C21H28N4O4/c1-14-7-9-16(10-8-14)22-17(26)12-24(3)18(27)13-25-19(28)21(23-20(25)29)11-5-4-6-15(21)2/h7-10,15H,4-6,11-13H2,1-3H3,(H,22,26)(H,23,29)/t15-,21+/m0/s1. The maximum absolute atomic E-state index is 12.9. The molecule has 1 aromatic carbocycles. The van der Waals surface area contributed by atoms with Gasteiger partial charge in [-0.2, -0.15) is 0 Å². The number of carbonyl (C=O) groups excluding carboxylic acids is 4. The lowest BCUT2D eigenvalue weighted by molar-refractivity contribution is -0.140. The molecule has 2 fully saturated rings. The zero-order valence-electron chi connectivity index (χ0n) is 17.2. The molecule has 1 aliphatic carbocycles. The minimum atomic E-state index is -0.892. The van der Waals surface area contributed by atoms with Crippen LogP contribution in [-0.2, 0) is 14.4 Å². The van der Waals surface area contributed by atoms with E-state index in [4.69, 9.17) is 0 Å². The maximum Gasteiger partial charge on any atom is 0.325 e. The number of rotatable bonds is 5. The van der Waals surface area contributed by atoms with Crippen LogP contribution in [0.3, 0.4) is 0 Å². The molecule has 8 nitrogen and oxygen atoms in total. The van der Waals surface area contributed by atoms with Crippen LogP contribution < -0.4 is 10.6 Å². The summed E-state index contributed by atoms with van der Waals surface area (Å²) in [5.74, 6) is -1.11. The number of nitrogens with one attached hydrogen (secondary N) is 2. The summed E-state index contributed by atoms with van der Waals surface area (Å²) in [4.78, 5) is 52.3. The highest BCUT2D eigenvalue weighted by Gasteiger charge is 2.55. The van der Waals surface area contributed by atoms with Gasteiger partial charge >= 0.3 is 6.03 Å². The molecule has 1 saturated carbocycles. The molecule has 0 bridgehead atoms. The van der Waals surface area contributed by atoms with Gasteiger partial charge in [0.15, 0.2) is 0 Å². The van der Waals surface area contributed by atoms with Crippen molar-refractivity contribution in [2.45, 2.75) is 45.1 Å². The first-order chi connectivity index (χ1) is 13.7. The highest BCUT2D eigenvalue weighted by atomic mass is 16.2. The highest BCUT2D eigenvalue weighted by molar-refractivity contribution is 6.09. The van der Waals surface area contributed by atoms with Gasteiger partial charge in [0, 0.05) is 12.7 Å². The average Bonchev–Trinajstić information content (AvgIpc) is 2.91. The van der Waals surface area contributed by atoms with Gasteiger partial charge in [-0.1, -0.05) is 37.5 Å². The van der Waals surface area contributed by atoms with Crippen LogP contribution in [0.4, 0.5) is 10.5 Å². The number of hydrogen-bond donors (Lipinski definition) is 2. The number of benzene rings is 1. The highest BCUT2D eigenvalue weighted by Crippen LogP contribution is 2.38. The molecule has 1 saturated heterocycles. The predicted molar refractivity (Wildman–Crippen MR) is 108 cm³/mol. The average molecular weight is 400 g/mol. The molecular formula is C21H28N4O4. The SMILES string of the molecule is Cc1ccc(NC(=O)CN(C)C(=O)CN2C(=O)N[C@@]3(CCCC[C@@H]3C)C2=O)cc1. The van der Waals surface area contributed by atoms with Crippen molar-refractivity contribution in [2.75, 3.05) is 25.5 Å². The minimum Gasteiger partial charge on any atom is -0.335 e. The Kier molecular flexibility index (Phi) is 5.91. The molecule has 0 unspecified atom stereocenters. The van der Waals surface area contributed by atoms with E-state index in [0.717, 1.165) is 29.7 Å². The Morgan fingerprint density at radius 3 is 2.59 bits per heavy atom. The fourth-order valence-electron chi connectivity index (χ4n) is 4.04. The third kappa shape index (κ3) is 4.26. The molecular weight excluding hydrogens is 372 g/mol. The van der Waals surface area contributed by atoms with E-state index in [0.29, 0.717) is 12.1 Å². The first-order valence-electron chi connectivity index (χ1n) is 9.97. The van der Waals surface area contributed by atoms with Gasteiger partial charge in [-0.25, -0.2) is 4.79 Å². The molecule has 1 aliphatic heterocycles. The molecule has 2 N–H and O–H groups in total. The van der Waals surface area contributed by atoms with E-state index in [1.807, 2.05) is 26.0 Å². The molecule has 156 valence electrons. The van der Waals surface area contributed by atoms with Gasteiger partial charge in [0.25, 0.3) is 5.91 Å². The maximum atomic E-state index is 12.9. The Bertz CT molecular complexity index is 822. The van der Waals surface area contributed by atoms with Crippen molar-refractivity contribution in [3.63, 3.8) is 0 Å². The number of carbonyl (C=O) groups is 4. The van der Waals surface area contributed by atoms with Gasteiger partial charge in [-0.15, -0.1) is 0 Å². The summed E-state index contributed by atoms with van der Waals surface area (Å²) in [7, 11) is 1.48. The quantitative estimate of drug-likeness (QED) is 0.738. The van der Waals surface area contributed by atoms with E-state index >= 15 is 0 Å². The monoisotopic (exact) mass is 400 g/mol. The van der Waals surface area contributed by atoms with Crippen molar-refractivity contribution in [1.82, 2.24) is 15.1 Å². The molecule has 1 aromatic rings. The second kappa shape index (κ2) is 8.23. The van der Waals surface area contributed by atoms with Crippen molar-refractivity contribution < 1.29 is 19.2 Å². The molecule has 0 aromatic heterocycles. The number of amides is 5. The van der Waals surface area contributed by atoms with Crippen molar-refractivity contribution in [1.29, 1.82) is 0 Å². The lowest BCUT2D eigenvalue weighted by Gasteiger charge is -2.36. The topological polar surface area (TPSA) is 98.8 Å². The zero-order chi connectivity index (χ0) is 21.2. The lowest BCUT2D eigenvalue weighted by atomic mass is 9.73. The van der Waals surface area contributed by atoms with Crippen molar-refractivity contribution in [3.8, 4) is 0 Å². The molecule has 8 heteroatoms. The van der Waals surface area contributed by atoms with Gasteiger partial charge in [-0.05, 0) is 37.8 Å². The van der Waals surface area contributed by atoms with Crippen LogP contribution in [0, 0.1) is 12.8 Å². The second-order valence-electron chi connectivity index (χ2n) is 8.10. The number of likely N-dealkylation sites (N-methyl/N-ethyl adjacent to an activating group) is 1. The smallest absolute Gasteiger partial charge is 0.325 e. The summed E-state index contributed by atoms with van der Waals surface area (Å²) in [5.41, 5.74) is 0.828. The molecule has 2 atom stereocenters. The van der Waals surface area contributed by atoms with Crippen molar-refractivity contribution in [3.05, 3.63) is 29.8 Å². The van der Waals surface area contributed by atoms with Gasteiger partial charge < -0.3 is 15.5 Å². The molecule has 5 amide bonds. The number of aryl methyl sites for hydroxylation is 1. The van der Waals surface area contributed by atoms with Crippen LogP contribution >= 0.6 is 0 Å². The van der Waals surface area contributed by atoms with Crippen LogP contribution in [0.1, 0.15) is 38.2 Å². The largest absolute Gasteiger partial charge is 0.335 e. The van der Waals surface area contributed by atoms with E-state index in [9.17, 15) is 19.2 Å². The van der Waals surface area contributed by atoms with Gasteiger partial charge in [-0.3, -0.25) is 19.3 Å². The number of nitrogens with zero attached hydrogens (tertiary/aromatic N) is 2. The Morgan fingerprint density at radius 2 is 1.93 bits per heavy atom. The Morgan fingerprint density at radius 1 is 1.24 bits per heavy atom. The Balaban J connectivity index is 1.57. The lowest BCUT2D eigenvalue weighted by Crippen LogP contribution is -2.54. The Hall–Kier alpha value is -2.90. The van der Waals surface area contributed by atoms with E-state index < -0.39 is 17.5 Å². The fraction of sp³-hybridized carbons (Fsp3) is 0.524. The van der Waals surface area contributed by atoms with Crippen LogP contribution in [0.2, 0.25) is 0 Å². The predicted octanol–water partition coefficient (Wildman–Crippen LogP) is 1.89. The van der Waals surface area contributed by atoms with Crippen LogP contribution in [0.15, 0.2) is 24.3 Å². The third-order valence-corrected chi connectivity index (χ3v) is 5.94. The van der Waals surface area contributed by atoms with E-state index in [1.165, 1.54) is 11.9 Å². The van der Waals surface area contributed by atoms with E-state index in [1.54, 1.807) is 12.1 Å². The first kappa shape index (κ1) is 20.8. The summed E-state index contributed by atoms with van der Waals surface area (Å²) in [5, 5.41) is 5.55. The summed E-state index contributed by atoms with van der Waals surface area (Å²) in [6.45, 7) is 3.38. The zero-order valence-corrected chi connectivity index (χ0v) is 17.2. The van der Waals surface area contributed by atoms with Crippen LogP contribution in [0.5, 0.6) is 0 Å². The molecule has 1 heterocycles. The molecule has 1 spiro atoms.